The highest BCUT2D eigenvalue weighted by atomic mass is 19.1. The van der Waals surface area contributed by atoms with Crippen LogP contribution in [0.4, 0.5) is 10.1 Å². The molecule has 0 radical (unpaired) electrons. The lowest BCUT2D eigenvalue weighted by atomic mass is 9.93. The predicted molar refractivity (Wildman–Crippen MR) is 61.5 cm³/mol. The molecule has 2 bridgehead atoms. The van der Waals surface area contributed by atoms with Gasteiger partial charge < -0.3 is 5.32 Å². The molecule has 1 heterocycles. The van der Waals surface area contributed by atoms with Crippen LogP contribution in [-0.2, 0) is 0 Å². The van der Waals surface area contributed by atoms with E-state index in [0.717, 1.165) is 30.0 Å². The van der Waals surface area contributed by atoms with Gasteiger partial charge in [0.1, 0.15) is 0 Å². The fourth-order valence-electron chi connectivity index (χ4n) is 2.86. The lowest BCUT2D eigenvalue weighted by molar-refractivity contribution is 0.472. The quantitative estimate of drug-likeness (QED) is 0.623. The topological polar surface area (TPSA) is 24.9 Å². The first-order valence-electron chi connectivity index (χ1n) is 5.85. The van der Waals surface area contributed by atoms with Gasteiger partial charge in [-0.15, -0.1) is 0 Å². The Morgan fingerprint density at radius 2 is 2.25 bits per heavy atom. The van der Waals surface area contributed by atoms with Crippen LogP contribution in [0.15, 0.2) is 30.5 Å². The summed E-state index contributed by atoms with van der Waals surface area (Å²) in [5, 5.41) is 3.34. The Morgan fingerprint density at radius 1 is 1.31 bits per heavy atom. The zero-order valence-corrected chi connectivity index (χ0v) is 9.07. The number of rotatable bonds is 3. The Morgan fingerprint density at radius 3 is 2.88 bits per heavy atom. The second-order valence-corrected chi connectivity index (χ2v) is 4.79. The fourth-order valence-corrected chi connectivity index (χ4v) is 2.86. The molecule has 2 aliphatic rings. The van der Waals surface area contributed by atoms with Gasteiger partial charge in [-0.1, -0.05) is 12.2 Å². The number of anilines is 1. The van der Waals surface area contributed by atoms with E-state index in [1.165, 1.54) is 18.9 Å². The Kier molecular flexibility index (Phi) is 2.39. The summed E-state index contributed by atoms with van der Waals surface area (Å²) in [5.41, 5.74) is 0.910. The van der Waals surface area contributed by atoms with E-state index in [9.17, 15) is 4.39 Å². The maximum absolute atomic E-state index is 12.6. The van der Waals surface area contributed by atoms with Crippen LogP contribution in [0.3, 0.4) is 0 Å². The summed E-state index contributed by atoms with van der Waals surface area (Å²) in [5.74, 6) is 1.88. The third kappa shape index (κ3) is 1.82. The van der Waals surface area contributed by atoms with Crippen molar-refractivity contribution in [2.45, 2.75) is 12.8 Å². The van der Waals surface area contributed by atoms with Crippen molar-refractivity contribution in [3.05, 3.63) is 36.4 Å². The van der Waals surface area contributed by atoms with Gasteiger partial charge in [0.05, 0.1) is 11.9 Å². The van der Waals surface area contributed by atoms with Crippen molar-refractivity contribution in [2.24, 2.45) is 17.8 Å². The van der Waals surface area contributed by atoms with Crippen LogP contribution in [-0.4, -0.2) is 11.5 Å². The third-order valence-corrected chi connectivity index (χ3v) is 3.71. The van der Waals surface area contributed by atoms with Gasteiger partial charge in [0.25, 0.3) is 0 Å². The van der Waals surface area contributed by atoms with Gasteiger partial charge in [-0.05, 0) is 42.7 Å². The lowest BCUT2D eigenvalue weighted by Crippen LogP contribution is -2.18. The number of hydrogen-bond acceptors (Lipinski definition) is 2. The van der Waals surface area contributed by atoms with Crippen LogP contribution in [0.2, 0.25) is 0 Å². The number of aromatic nitrogens is 1. The van der Waals surface area contributed by atoms with E-state index >= 15 is 0 Å². The van der Waals surface area contributed by atoms with Crippen LogP contribution >= 0.6 is 0 Å². The van der Waals surface area contributed by atoms with Crippen LogP contribution in [0.1, 0.15) is 12.8 Å². The van der Waals surface area contributed by atoms with Gasteiger partial charge in [-0.3, -0.25) is 0 Å². The Labute approximate surface area is 94.6 Å². The Bertz CT molecular complexity index is 399. The van der Waals surface area contributed by atoms with E-state index in [4.69, 9.17) is 0 Å². The van der Waals surface area contributed by atoms with E-state index < -0.39 is 5.95 Å². The minimum absolute atomic E-state index is 0.423. The van der Waals surface area contributed by atoms with Gasteiger partial charge in [0.2, 0.25) is 5.95 Å². The molecule has 1 N–H and O–H groups in total. The van der Waals surface area contributed by atoms with Crippen molar-refractivity contribution in [3.8, 4) is 0 Å². The summed E-state index contributed by atoms with van der Waals surface area (Å²) in [6, 6.07) is 3.13. The molecule has 3 atom stereocenters. The van der Waals surface area contributed by atoms with E-state index in [1.807, 2.05) is 0 Å². The van der Waals surface area contributed by atoms with Crippen LogP contribution in [0.25, 0.3) is 0 Å². The Balaban J connectivity index is 1.57. The van der Waals surface area contributed by atoms with Gasteiger partial charge >= 0.3 is 0 Å². The van der Waals surface area contributed by atoms with Crippen molar-refractivity contribution in [3.63, 3.8) is 0 Å². The number of nitrogens with one attached hydrogen (secondary N) is 1. The first-order valence-corrected chi connectivity index (χ1v) is 5.85. The zero-order chi connectivity index (χ0) is 11.0. The van der Waals surface area contributed by atoms with Crippen LogP contribution in [0, 0.1) is 23.7 Å². The molecule has 0 saturated heterocycles. The molecule has 0 amide bonds. The van der Waals surface area contributed by atoms with Gasteiger partial charge in [0.15, 0.2) is 0 Å². The highest BCUT2D eigenvalue weighted by molar-refractivity contribution is 5.40. The lowest BCUT2D eigenvalue weighted by Gasteiger charge is -2.18. The second-order valence-electron chi connectivity index (χ2n) is 4.79. The van der Waals surface area contributed by atoms with E-state index in [0.29, 0.717) is 0 Å². The number of allylic oxidation sites excluding steroid dienone is 2. The van der Waals surface area contributed by atoms with Crippen LogP contribution in [0.5, 0.6) is 0 Å². The molecule has 0 aliphatic heterocycles. The molecule has 1 fully saturated rings. The van der Waals surface area contributed by atoms with Crippen molar-refractivity contribution >= 4 is 5.69 Å². The number of halogens is 1. The summed E-state index contributed by atoms with van der Waals surface area (Å²) >= 11 is 0. The molecule has 2 nitrogen and oxygen atoms in total. The first kappa shape index (κ1) is 9.82. The molecule has 84 valence electrons. The van der Waals surface area contributed by atoms with Crippen molar-refractivity contribution < 1.29 is 4.39 Å². The fraction of sp³-hybridized carbons (Fsp3) is 0.462. The molecule has 1 aromatic rings. The average Bonchev–Trinajstić information content (AvgIpc) is 2.90. The smallest absolute Gasteiger partial charge is 0.212 e. The summed E-state index contributed by atoms with van der Waals surface area (Å²) < 4.78 is 12.6. The maximum Gasteiger partial charge on any atom is 0.212 e. The van der Waals surface area contributed by atoms with E-state index in [2.05, 4.69) is 22.5 Å². The normalized spacial score (nSPS) is 30.9. The van der Waals surface area contributed by atoms with E-state index in [-0.39, 0.29) is 0 Å². The molecular weight excluding hydrogens is 203 g/mol. The third-order valence-electron chi connectivity index (χ3n) is 3.71. The van der Waals surface area contributed by atoms with Gasteiger partial charge in [-0.25, -0.2) is 4.98 Å². The predicted octanol–water partition coefficient (Wildman–Crippen LogP) is 2.84. The van der Waals surface area contributed by atoms with E-state index in [1.54, 1.807) is 12.3 Å². The molecule has 1 aromatic heterocycles. The average molecular weight is 218 g/mol. The van der Waals surface area contributed by atoms with Crippen LogP contribution < -0.4 is 5.32 Å². The number of fused-ring (bicyclic) bond motifs is 2. The minimum Gasteiger partial charge on any atom is -0.383 e. The summed E-state index contributed by atoms with van der Waals surface area (Å²) in [4.78, 5) is 3.63. The molecule has 3 unspecified atom stereocenters. The highest BCUT2D eigenvalue weighted by Gasteiger charge is 2.35. The van der Waals surface area contributed by atoms with Gasteiger partial charge in [0, 0.05) is 6.54 Å². The molecule has 0 aromatic carbocycles. The molecule has 2 aliphatic carbocycles. The Hall–Kier alpha value is -1.38. The summed E-state index contributed by atoms with van der Waals surface area (Å²) in [6.45, 7) is 0.971. The van der Waals surface area contributed by atoms with Crippen molar-refractivity contribution in [2.75, 3.05) is 11.9 Å². The standard InChI is InChI=1S/C13H15FN2/c14-13-4-3-12(8-16-13)15-7-11-6-9-1-2-10(11)5-9/h1-4,8-11,15H,5-7H2. The minimum atomic E-state index is -0.423. The molecule has 0 spiro atoms. The zero-order valence-electron chi connectivity index (χ0n) is 9.07. The van der Waals surface area contributed by atoms with Crippen molar-refractivity contribution in [1.82, 2.24) is 4.98 Å². The largest absolute Gasteiger partial charge is 0.383 e. The first-order chi connectivity index (χ1) is 7.81. The van der Waals surface area contributed by atoms with Crippen molar-refractivity contribution in [1.29, 1.82) is 0 Å². The molecule has 3 heteroatoms. The summed E-state index contributed by atoms with van der Waals surface area (Å²) in [6.07, 6.45) is 8.87. The second kappa shape index (κ2) is 3.89. The van der Waals surface area contributed by atoms with Gasteiger partial charge in [-0.2, -0.15) is 4.39 Å². The molecule has 16 heavy (non-hydrogen) atoms. The number of pyridine rings is 1. The highest BCUT2D eigenvalue weighted by Crippen LogP contribution is 2.43. The number of hydrogen-bond donors (Lipinski definition) is 1. The molecule has 3 rings (SSSR count). The summed E-state index contributed by atoms with van der Waals surface area (Å²) in [7, 11) is 0. The number of nitrogens with zero attached hydrogens (tertiary/aromatic N) is 1. The SMILES string of the molecule is Fc1ccc(NCC2CC3C=CC2C3)cn1. The molecular formula is C13H15FN2. The monoisotopic (exact) mass is 218 g/mol. The molecule has 1 saturated carbocycles. The maximum atomic E-state index is 12.6.